The number of rotatable bonds is 50. The van der Waals surface area contributed by atoms with Crippen molar-refractivity contribution in [1.82, 2.24) is 5.32 Å². The molecule has 0 bridgehead atoms. The number of hydrogen-bond donors (Lipinski definition) is 2. The number of phosphoric acid groups is 1. The lowest BCUT2D eigenvalue weighted by atomic mass is 10.0. The maximum Gasteiger partial charge on any atom is 0.472 e. The zero-order valence-electron chi connectivity index (χ0n) is 46.0. The number of nitrogens with zero attached hydrogens (tertiary/aromatic N) is 1. The Morgan fingerprint density at radius 1 is 0.514 bits per heavy atom. The average molecular weight is 1000 g/mol. The molecule has 0 radical (unpaired) electrons. The number of carbonyl (C=O) groups excluding carboxylic acids is 2. The van der Waals surface area contributed by atoms with Crippen LogP contribution in [0.1, 0.15) is 233 Å². The molecular weight excluding hydrogens is 892 g/mol. The minimum Gasteiger partial charge on any atom is -0.456 e. The van der Waals surface area contributed by atoms with E-state index < -0.39 is 20.0 Å². The molecule has 404 valence electrons. The van der Waals surface area contributed by atoms with Crippen molar-refractivity contribution in [2.45, 2.75) is 245 Å². The summed E-state index contributed by atoms with van der Waals surface area (Å²) in [5, 5.41) is 3.02. The topological polar surface area (TPSA) is 111 Å². The first kappa shape index (κ1) is 67.2. The largest absolute Gasteiger partial charge is 0.472 e. The van der Waals surface area contributed by atoms with Gasteiger partial charge in [-0.05, 0) is 83.1 Å². The standard InChI is InChI=1S/C60H107N2O7P/c1-7-10-13-16-19-22-25-27-28-29-30-31-32-33-34-35-38-40-43-46-49-52-59(63)61-57(56-68-70(65,66)67-55-54-62(4,5)6)58(51-48-45-42-39-37-26-23-20-17-14-11-8-2)69-60(64)53-50-47-44-41-36-24-21-18-15-12-9-3/h10,13,19,22,27-28,30-31,33-34,38,40,48,51,57-58H,7-9,11-12,14-18,20-21,23-26,29,32,35-37,39,41-47,49-50,52-56H2,1-6H3,(H-,61,63,65,66)/p+1/b13-10-,22-19-,28-27-,31-30-,34-33-,40-38-,51-48-. The molecule has 0 rings (SSSR count). The van der Waals surface area contributed by atoms with E-state index >= 15 is 0 Å². The van der Waals surface area contributed by atoms with Crippen LogP contribution in [0.5, 0.6) is 0 Å². The summed E-state index contributed by atoms with van der Waals surface area (Å²) < 4.78 is 30.5. The van der Waals surface area contributed by atoms with Gasteiger partial charge in [0.1, 0.15) is 19.3 Å². The minimum absolute atomic E-state index is 0.0290. The molecule has 0 fully saturated rings. The molecule has 0 saturated heterocycles. The Hall–Kier alpha value is -2.81. The summed E-state index contributed by atoms with van der Waals surface area (Å²) in [5.41, 5.74) is 0. The number of carbonyl (C=O) groups is 2. The molecule has 3 unspecified atom stereocenters. The molecule has 10 heteroatoms. The summed E-state index contributed by atoms with van der Waals surface area (Å²) in [6.07, 6.45) is 64.4. The number of amides is 1. The van der Waals surface area contributed by atoms with E-state index in [1.807, 2.05) is 33.3 Å². The first-order valence-electron chi connectivity index (χ1n) is 28.4. The third-order valence-electron chi connectivity index (χ3n) is 12.1. The number of likely N-dealkylation sites (N-methyl/N-ethyl adjacent to an activating group) is 1. The minimum atomic E-state index is -4.46. The Balaban J connectivity index is 5.38. The van der Waals surface area contributed by atoms with Gasteiger partial charge in [0.05, 0.1) is 33.8 Å². The maximum atomic E-state index is 13.5. The fourth-order valence-corrected chi connectivity index (χ4v) is 8.44. The van der Waals surface area contributed by atoms with E-state index in [0.717, 1.165) is 89.9 Å². The number of nitrogens with one attached hydrogen (secondary N) is 1. The van der Waals surface area contributed by atoms with Crippen molar-refractivity contribution >= 4 is 19.7 Å². The first-order chi connectivity index (χ1) is 33.9. The van der Waals surface area contributed by atoms with Gasteiger partial charge in [0.15, 0.2) is 0 Å². The van der Waals surface area contributed by atoms with Crippen LogP contribution in [-0.2, 0) is 27.9 Å². The summed E-state index contributed by atoms with van der Waals surface area (Å²) in [6, 6.07) is -0.872. The molecule has 0 heterocycles. The molecule has 9 nitrogen and oxygen atoms in total. The summed E-state index contributed by atoms with van der Waals surface area (Å²) in [6.45, 7) is 6.84. The first-order valence-corrected chi connectivity index (χ1v) is 29.9. The molecule has 0 aliphatic heterocycles. The van der Waals surface area contributed by atoms with Gasteiger partial charge in [0.25, 0.3) is 0 Å². The average Bonchev–Trinajstić information content (AvgIpc) is 3.32. The van der Waals surface area contributed by atoms with E-state index in [-0.39, 0.29) is 37.9 Å². The van der Waals surface area contributed by atoms with Crippen molar-refractivity contribution in [1.29, 1.82) is 0 Å². The van der Waals surface area contributed by atoms with Gasteiger partial charge in [-0.2, -0.15) is 0 Å². The molecule has 2 N–H and O–H groups in total. The van der Waals surface area contributed by atoms with Crippen LogP contribution < -0.4 is 5.32 Å². The number of hydrogen-bond acceptors (Lipinski definition) is 6. The lowest BCUT2D eigenvalue weighted by Gasteiger charge is -2.27. The van der Waals surface area contributed by atoms with Gasteiger partial charge in [-0.1, -0.05) is 222 Å². The molecule has 70 heavy (non-hydrogen) atoms. The van der Waals surface area contributed by atoms with Crippen molar-refractivity contribution in [3.63, 3.8) is 0 Å². The van der Waals surface area contributed by atoms with Crippen LogP contribution in [0.4, 0.5) is 0 Å². The van der Waals surface area contributed by atoms with E-state index in [2.05, 4.69) is 99.0 Å². The van der Waals surface area contributed by atoms with E-state index in [9.17, 15) is 19.0 Å². The molecule has 0 spiro atoms. The highest BCUT2D eigenvalue weighted by atomic mass is 31.2. The van der Waals surface area contributed by atoms with E-state index in [4.69, 9.17) is 13.8 Å². The molecule has 0 aliphatic carbocycles. The van der Waals surface area contributed by atoms with Crippen LogP contribution in [0.2, 0.25) is 0 Å². The molecule has 0 aliphatic rings. The maximum absolute atomic E-state index is 13.5. The van der Waals surface area contributed by atoms with Gasteiger partial charge in [-0.3, -0.25) is 18.6 Å². The zero-order chi connectivity index (χ0) is 51.5. The van der Waals surface area contributed by atoms with E-state index in [1.165, 1.54) is 103 Å². The second-order valence-corrected chi connectivity index (χ2v) is 21.5. The third kappa shape index (κ3) is 50.1. The number of allylic oxidation sites excluding steroid dienone is 13. The summed E-state index contributed by atoms with van der Waals surface area (Å²) in [7, 11) is 1.46. The zero-order valence-corrected chi connectivity index (χ0v) is 46.9. The van der Waals surface area contributed by atoms with Gasteiger partial charge < -0.3 is 19.4 Å². The number of quaternary nitrogens is 1. The number of unbranched alkanes of at least 4 members (excludes halogenated alkanes) is 22. The van der Waals surface area contributed by atoms with E-state index in [1.54, 1.807) is 0 Å². The highest BCUT2D eigenvalue weighted by Gasteiger charge is 2.30. The predicted octanol–water partition coefficient (Wildman–Crippen LogP) is 17.0. The van der Waals surface area contributed by atoms with Gasteiger partial charge in [-0.15, -0.1) is 0 Å². The van der Waals surface area contributed by atoms with Gasteiger partial charge in [-0.25, -0.2) is 4.57 Å². The predicted molar refractivity (Wildman–Crippen MR) is 300 cm³/mol. The Labute approximate surface area is 431 Å². The molecule has 0 aromatic heterocycles. The summed E-state index contributed by atoms with van der Waals surface area (Å²) in [5.74, 6) is -0.559. The third-order valence-corrected chi connectivity index (χ3v) is 13.1. The normalized spacial score (nSPS) is 14.4. The monoisotopic (exact) mass is 1000 g/mol. The smallest absolute Gasteiger partial charge is 0.456 e. The van der Waals surface area contributed by atoms with Crippen LogP contribution in [0, 0.1) is 0 Å². The van der Waals surface area contributed by atoms with Crippen LogP contribution >= 0.6 is 7.82 Å². The summed E-state index contributed by atoms with van der Waals surface area (Å²) >= 11 is 0. The highest BCUT2D eigenvalue weighted by molar-refractivity contribution is 7.47. The lowest BCUT2D eigenvalue weighted by molar-refractivity contribution is -0.870. The number of ether oxygens (including phenoxy) is 1. The Morgan fingerprint density at radius 3 is 1.39 bits per heavy atom. The van der Waals surface area contributed by atoms with Crippen LogP contribution in [0.3, 0.4) is 0 Å². The van der Waals surface area contributed by atoms with Crippen LogP contribution in [0.25, 0.3) is 0 Å². The van der Waals surface area contributed by atoms with Gasteiger partial charge >= 0.3 is 13.8 Å². The van der Waals surface area contributed by atoms with Crippen LogP contribution in [-0.4, -0.2) is 74.3 Å². The fraction of sp³-hybridized carbons (Fsp3) is 0.733. The Bertz CT molecular complexity index is 1480. The van der Waals surface area contributed by atoms with Crippen molar-refractivity contribution in [2.24, 2.45) is 0 Å². The Morgan fingerprint density at radius 2 is 0.914 bits per heavy atom. The van der Waals surface area contributed by atoms with E-state index in [0.29, 0.717) is 17.4 Å². The van der Waals surface area contributed by atoms with Gasteiger partial charge in [0, 0.05) is 12.8 Å². The Kier molecular flexibility index (Phi) is 47.8. The van der Waals surface area contributed by atoms with Crippen molar-refractivity contribution in [3.05, 3.63) is 85.1 Å². The highest BCUT2D eigenvalue weighted by Crippen LogP contribution is 2.43. The second-order valence-electron chi connectivity index (χ2n) is 20.1. The second kappa shape index (κ2) is 49.8. The SMILES string of the molecule is CC/C=C\C/C=C\C/C=C\C/C=C\C/C=C\C/C=C\CCCCC(=O)NC(COP(=O)(O)OCC[N+](C)(C)C)C(/C=C\CCCCCCCCCCCC)OC(=O)CCCCCCCCCCCCC. The fourth-order valence-electron chi connectivity index (χ4n) is 7.71. The molecule has 0 aromatic rings. The van der Waals surface area contributed by atoms with Crippen molar-refractivity contribution in [3.8, 4) is 0 Å². The van der Waals surface area contributed by atoms with Crippen molar-refractivity contribution < 1.29 is 37.3 Å². The molecular formula is C60H108N2O7P+. The molecule has 0 saturated carbocycles. The molecule has 3 atom stereocenters. The number of phosphoric ester groups is 1. The molecule has 0 aromatic carbocycles. The van der Waals surface area contributed by atoms with Crippen LogP contribution in [0.15, 0.2) is 85.1 Å². The summed E-state index contributed by atoms with van der Waals surface area (Å²) in [4.78, 5) is 37.5. The van der Waals surface area contributed by atoms with Gasteiger partial charge in [0.2, 0.25) is 5.91 Å². The van der Waals surface area contributed by atoms with Crippen molar-refractivity contribution in [2.75, 3.05) is 40.9 Å². The quantitative estimate of drug-likeness (QED) is 0.0205. The molecule has 1 amide bonds. The number of esters is 1. The lowest BCUT2D eigenvalue weighted by Crippen LogP contribution is -2.47.